The normalized spacial score (nSPS) is 21.6. The first-order valence-corrected chi connectivity index (χ1v) is 7.68. The van der Waals surface area contributed by atoms with E-state index in [1.54, 1.807) is 0 Å². The minimum Gasteiger partial charge on any atom is -0.492 e. The van der Waals surface area contributed by atoms with Crippen molar-refractivity contribution >= 4 is 0 Å². The SMILES string of the molecule is CC(N)Cc1ccc(OCCC2CCCCN2C)cn1. The first-order chi connectivity index (χ1) is 9.65. The predicted molar refractivity (Wildman–Crippen MR) is 82.0 cm³/mol. The van der Waals surface area contributed by atoms with Gasteiger partial charge in [0.15, 0.2) is 0 Å². The van der Waals surface area contributed by atoms with Crippen LogP contribution >= 0.6 is 0 Å². The van der Waals surface area contributed by atoms with Crippen molar-refractivity contribution in [1.82, 2.24) is 9.88 Å². The summed E-state index contributed by atoms with van der Waals surface area (Å²) >= 11 is 0. The van der Waals surface area contributed by atoms with Crippen LogP contribution in [0.15, 0.2) is 18.3 Å². The molecule has 2 heterocycles. The number of pyridine rings is 1. The topological polar surface area (TPSA) is 51.4 Å². The summed E-state index contributed by atoms with van der Waals surface area (Å²) < 4.78 is 5.80. The van der Waals surface area contributed by atoms with E-state index in [0.29, 0.717) is 6.04 Å². The van der Waals surface area contributed by atoms with Crippen molar-refractivity contribution in [2.45, 2.75) is 51.1 Å². The third-order valence-electron chi connectivity index (χ3n) is 3.97. The number of nitrogens with zero attached hydrogens (tertiary/aromatic N) is 2. The van der Waals surface area contributed by atoms with Crippen LogP contribution in [0.4, 0.5) is 0 Å². The largest absolute Gasteiger partial charge is 0.492 e. The Kier molecular flexibility index (Phi) is 5.80. The van der Waals surface area contributed by atoms with E-state index in [2.05, 4.69) is 16.9 Å². The highest BCUT2D eigenvalue weighted by Gasteiger charge is 2.18. The average Bonchev–Trinajstić information content (AvgIpc) is 2.42. The van der Waals surface area contributed by atoms with Crippen molar-refractivity contribution in [2.75, 3.05) is 20.2 Å². The molecule has 0 bridgehead atoms. The van der Waals surface area contributed by atoms with Gasteiger partial charge >= 0.3 is 0 Å². The highest BCUT2D eigenvalue weighted by Crippen LogP contribution is 2.18. The fraction of sp³-hybridized carbons (Fsp3) is 0.688. The lowest BCUT2D eigenvalue weighted by atomic mass is 10.0. The molecule has 1 saturated heterocycles. The first kappa shape index (κ1) is 15.3. The Morgan fingerprint density at radius 3 is 2.95 bits per heavy atom. The lowest BCUT2D eigenvalue weighted by molar-refractivity contribution is 0.153. The summed E-state index contributed by atoms with van der Waals surface area (Å²) in [4.78, 5) is 6.84. The monoisotopic (exact) mass is 277 g/mol. The standard InChI is InChI=1S/C16H27N3O/c1-13(17)11-14-6-7-16(12-18-14)20-10-8-15-5-3-4-9-19(15)2/h6-7,12-13,15H,3-5,8-11,17H2,1-2H3. The van der Waals surface area contributed by atoms with Gasteiger partial charge in [0.25, 0.3) is 0 Å². The minimum absolute atomic E-state index is 0.149. The molecule has 0 aliphatic carbocycles. The summed E-state index contributed by atoms with van der Waals surface area (Å²) in [5, 5.41) is 0. The predicted octanol–water partition coefficient (Wildman–Crippen LogP) is 2.22. The van der Waals surface area contributed by atoms with Crippen LogP contribution in [0.2, 0.25) is 0 Å². The van der Waals surface area contributed by atoms with Gasteiger partial charge in [-0.3, -0.25) is 4.98 Å². The maximum absolute atomic E-state index is 5.80. The van der Waals surface area contributed by atoms with Crippen LogP contribution < -0.4 is 10.5 Å². The lowest BCUT2D eigenvalue weighted by Gasteiger charge is -2.32. The van der Waals surface area contributed by atoms with Gasteiger partial charge in [0.2, 0.25) is 0 Å². The van der Waals surface area contributed by atoms with Crippen LogP contribution in [0.3, 0.4) is 0 Å². The summed E-state index contributed by atoms with van der Waals surface area (Å²) in [6.45, 7) is 3.98. The fourth-order valence-corrected chi connectivity index (χ4v) is 2.77. The van der Waals surface area contributed by atoms with E-state index in [1.165, 1.54) is 25.8 Å². The smallest absolute Gasteiger partial charge is 0.137 e. The number of piperidine rings is 1. The quantitative estimate of drug-likeness (QED) is 0.866. The van der Waals surface area contributed by atoms with Crippen molar-refractivity contribution in [2.24, 2.45) is 5.73 Å². The van der Waals surface area contributed by atoms with E-state index in [9.17, 15) is 0 Å². The Hall–Kier alpha value is -1.13. The fourth-order valence-electron chi connectivity index (χ4n) is 2.77. The highest BCUT2D eigenvalue weighted by atomic mass is 16.5. The molecule has 112 valence electrons. The Balaban J connectivity index is 1.73. The van der Waals surface area contributed by atoms with Crippen molar-refractivity contribution in [1.29, 1.82) is 0 Å². The third kappa shape index (κ3) is 4.76. The molecule has 1 aliphatic heterocycles. The zero-order chi connectivity index (χ0) is 14.4. The molecule has 2 atom stereocenters. The van der Waals surface area contributed by atoms with E-state index in [0.717, 1.165) is 30.9 Å². The van der Waals surface area contributed by atoms with Gasteiger partial charge in [-0.15, -0.1) is 0 Å². The third-order valence-corrected chi connectivity index (χ3v) is 3.97. The van der Waals surface area contributed by atoms with Gasteiger partial charge < -0.3 is 15.4 Å². The number of ether oxygens (including phenoxy) is 1. The first-order valence-electron chi connectivity index (χ1n) is 7.68. The summed E-state index contributed by atoms with van der Waals surface area (Å²) in [5.41, 5.74) is 6.79. The number of aromatic nitrogens is 1. The molecular weight excluding hydrogens is 250 g/mol. The molecule has 0 amide bonds. The zero-order valence-corrected chi connectivity index (χ0v) is 12.7. The second-order valence-corrected chi connectivity index (χ2v) is 5.93. The van der Waals surface area contributed by atoms with Crippen LogP contribution in [0.25, 0.3) is 0 Å². The van der Waals surface area contributed by atoms with Gasteiger partial charge in [0.1, 0.15) is 5.75 Å². The van der Waals surface area contributed by atoms with Crippen LogP contribution in [0.5, 0.6) is 5.75 Å². The second-order valence-electron chi connectivity index (χ2n) is 5.93. The highest BCUT2D eigenvalue weighted by molar-refractivity contribution is 5.20. The lowest BCUT2D eigenvalue weighted by Crippen LogP contribution is -2.37. The molecule has 0 spiro atoms. The Bertz CT molecular complexity index is 391. The van der Waals surface area contributed by atoms with Gasteiger partial charge in [-0.1, -0.05) is 6.42 Å². The van der Waals surface area contributed by atoms with E-state index >= 15 is 0 Å². The summed E-state index contributed by atoms with van der Waals surface area (Å²) in [7, 11) is 2.22. The van der Waals surface area contributed by atoms with Gasteiger partial charge in [-0.05, 0) is 51.9 Å². The number of rotatable bonds is 6. The Morgan fingerprint density at radius 2 is 2.30 bits per heavy atom. The van der Waals surface area contributed by atoms with Crippen LogP contribution in [0.1, 0.15) is 38.3 Å². The minimum atomic E-state index is 0.149. The number of nitrogens with two attached hydrogens (primary N) is 1. The van der Waals surface area contributed by atoms with Crippen molar-refractivity contribution < 1.29 is 4.74 Å². The molecule has 4 heteroatoms. The number of likely N-dealkylation sites (tertiary alicyclic amines) is 1. The molecule has 20 heavy (non-hydrogen) atoms. The van der Waals surface area contributed by atoms with Crippen molar-refractivity contribution in [3.05, 3.63) is 24.0 Å². The van der Waals surface area contributed by atoms with Gasteiger partial charge in [0, 0.05) is 24.2 Å². The summed E-state index contributed by atoms with van der Waals surface area (Å²) in [6.07, 6.45) is 7.69. The van der Waals surface area contributed by atoms with Crippen LogP contribution in [0, 0.1) is 0 Å². The molecule has 1 fully saturated rings. The van der Waals surface area contributed by atoms with Crippen LogP contribution in [-0.4, -0.2) is 42.2 Å². The molecule has 0 aromatic carbocycles. The number of hydrogen-bond acceptors (Lipinski definition) is 4. The van der Waals surface area contributed by atoms with E-state index < -0.39 is 0 Å². The molecule has 1 aromatic heterocycles. The zero-order valence-electron chi connectivity index (χ0n) is 12.7. The molecule has 0 radical (unpaired) electrons. The molecule has 4 nitrogen and oxygen atoms in total. The van der Waals surface area contributed by atoms with Crippen molar-refractivity contribution in [3.8, 4) is 5.75 Å². The van der Waals surface area contributed by atoms with Gasteiger partial charge in [-0.2, -0.15) is 0 Å². The van der Waals surface area contributed by atoms with E-state index in [4.69, 9.17) is 10.5 Å². The average molecular weight is 277 g/mol. The number of hydrogen-bond donors (Lipinski definition) is 1. The van der Waals surface area contributed by atoms with E-state index in [1.807, 2.05) is 25.3 Å². The molecule has 2 N–H and O–H groups in total. The molecule has 1 aliphatic rings. The van der Waals surface area contributed by atoms with Crippen molar-refractivity contribution in [3.63, 3.8) is 0 Å². The molecule has 2 rings (SSSR count). The summed E-state index contributed by atoms with van der Waals surface area (Å²) in [6, 6.07) is 4.82. The maximum Gasteiger partial charge on any atom is 0.137 e. The molecule has 1 aromatic rings. The maximum atomic E-state index is 5.80. The molecular formula is C16H27N3O. The Morgan fingerprint density at radius 1 is 1.45 bits per heavy atom. The molecule has 2 unspecified atom stereocenters. The second kappa shape index (κ2) is 7.60. The van der Waals surface area contributed by atoms with Gasteiger partial charge in [-0.25, -0.2) is 0 Å². The Labute approximate surface area is 122 Å². The molecule has 0 saturated carbocycles. The van der Waals surface area contributed by atoms with Crippen LogP contribution in [-0.2, 0) is 6.42 Å². The summed E-state index contributed by atoms with van der Waals surface area (Å²) in [5.74, 6) is 0.858. The van der Waals surface area contributed by atoms with E-state index in [-0.39, 0.29) is 6.04 Å². The van der Waals surface area contributed by atoms with Gasteiger partial charge in [0.05, 0.1) is 12.8 Å².